The number of carbonyl (C=O) groups is 1. The minimum Gasteiger partial charge on any atom is -0.459 e. The SMILES string of the molecule is CCn1c(-c2ccc(NC(=O)c3ccco3)cc2)c(N)c2ccccc21. The van der Waals surface area contributed by atoms with Gasteiger partial charge in [-0.2, -0.15) is 0 Å². The van der Waals surface area contributed by atoms with Crippen molar-refractivity contribution < 1.29 is 9.21 Å². The van der Waals surface area contributed by atoms with E-state index < -0.39 is 0 Å². The summed E-state index contributed by atoms with van der Waals surface area (Å²) in [6.07, 6.45) is 1.48. The molecule has 0 radical (unpaired) electrons. The van der Waals surface area contributed by atoms with E-state index in [1.807, 2.05) is 42.5 Å². The molecule has 0 aliphatic heterocycles. The molecule has 2 heterocycles. The van der Waals surface area contributed by atoms with Crippen LogP contribution in [0.5, 0.6) is 0 Å². The van der Waals surface area contributed by atoms with Gasteiger partial charge >= 0.3 is 0 Å². The highest BCUT2D eigenvalue weighted by Crippen LogP contribution is 2.36. The number of hydrogen-bond donors (Lipinski definition) is 2. The van der Waals surface area contributed by atoms with Crippen molar-refractivity contribution >= 4 is 28.2 Å². The molecule has 2 aromatic heterocycles. The van der Waals surface area contributed by atoms with Crippen LogP contribution in [-0.4, -0.2) is 10.5 Å². The molecule has 0 atom stereocenters. The lowest BCUT2D eigenvalue weighted by Crippen LogP contribution is -2.10. The van der Waals surface area contributed by atoms with E-state index >= 15 is 0 Å². The highest BCUT2D eigenvalue weighted by Gasteiger charge is 2.15. The monoisotopic (exact) mass is 345 g/mol. The number of nitrogens with one attached hydrogen (secondary N) is 1. The summed E-state index contributed by atoms with van der Waals surface area (Å²) in [7, 11) is 0. The summed E-state index contributed by atoms with van der Waals surface area (Å²) in [5.41, 5.74) is 11.0. The molecule has 1 amide bonds. The summed E-state index contributed by atoms with van der Waals surface area (Å²) < 4.78 is 7.32. The van der Waals surface area contributed by atoms with Crippen LogP contribution in [0.15, 0.2) is 71.3 Å². The normalized spacial score (nSPS) is 11.0. The molecule has 130 valence electrons. The van der Waals surface area contributed by atoms with Gasteiger partial charge in [-0.1, -0.05) is 30.3 Å². The second kappa shape index (κ2) is 6.44. The van der Waals surface area contributed by atoms with Crippen molar-refractivity contribution in [3.8, 4) is 11.3 Å². The Balaban J connectivity index is 1.68. The topological polar surface area (TPSA) is 73.2 Å². The minimum atomic E-state index is -0.273. The largest absolute Gasteiger partial charge is 0.459 e. The molecule has 2 aromatic carbocycles. The van der Waals surface area contributed by atoms with Gasteiger partial charge in [0.25, 0.3) is 5.91 Å². The van der Waals surface area contributed by atoms with Gasteiger partial charge in [-0.25, -0.2) is 0 Å². The third kappa shape index (κ3) is 2.63. The summed E-state index contributed by atoms with van der Waals surface area (Å²) in [4.78, 5) is 12.1. The summed E-state index contributed by atoms with van der Waals surface area (Å²) in [5.74, 6) is 0.00867. The summed E-state index contributed by atoms with van der Waals surface area (Å²) in [6.45, 7) is 2.93. The Kier molecular flexibility index (Phi) is 3.97. The van der Waals surface area contributed by atoms with Gasteiger partial charge in [0.1, 0.15) is 0 Å². The molecular weight excluding hydrogens is 326 g/mol. The number of aryl methyl sites for hydroxylation is 1. The van der Waals surface area contributed by atoms with E-state index in [2.05, 4.69) is 22.9 Å². The average Bonchev–Trinajstić information content (AvgIpc) is 3.30. The summed E-state index contributed by atoms with van der Waals surface area (Å²) >= 11 is 0. The third-order valence-electron chi connectivity index (χ3n) is 4.49. The minimum absolute atomic E-state index is 0.273. The predicted octanol–water partition coefficient (Wildman–Crippen LogP) is 4.76. The van der Waals surface area contributed by atoms with E-state index in [1.165, 1.54) is 6.26 Å². The first-order chi connectivity index (χ1) is 12.7. The molecule has 5 heteroatoms. The molecule has 0 fully saturated rings. The van der Waals surface area contributed by atoms with Crippen LogP contribution in [0.4, 0.5) is 11.4 Å². The fourth-order valence-corrected chi connectivity index (χ4v) is 3.28. The maximum absolute atomic E-state index is 12.1. The Morgan fingerprint density at radius 2 is 1.85 bits per heavy atom. The Morgan fingerprint density at radius 3 is 2.54 bits per heavy atom. The number of fused-ring (bicyclic) bond motifs is 1. The van der Waals surface area contributed by atoms with E-state index in [-0.39, 0.29) is 11.7 Å². The molecule has 0 unspecified atom stereocenters. The van der Waals surface area contributed by atoms with Gasteiger partial charge in [0.15, 0.2) is 5.76 Å². The molecule has 0 aliphatic rings. The van der Waals surface area contributed by atoms with Crippen LogP contribution in [0.2, 0.25) is 0 Å². The van der Waals surface area contributed by atoms with Crippen LogP contribution in [0.1, 0.15) is 17.5 Å². The second-order valence-corrected chi connectivity index (χ2v) is 6.03. The number of carbonyl (C=O) groups excluding carboxylic acids is 1. The molecule has 0 saturated heterocycles. The number of nitrogens with two attached hydrogens (primary N) is 1. The smallest absolute Gasteiger partial charge is 0.291 e. The first-order valence-electron chi connectivity index (χ1n) is 8.51. The number of benzene rings is 2. The number of furan rings is 1. The van der Waals surface area contributed by atoms with Crippen LogP contribution in [-0.2, 0) is 6.54 Å². The average molecular weight is 345 g/mol. The van der Waals surface area contributed by atoms with Crippen molar-refractivity contribution in [2.24, 2.45) is 0 Å². The van der Waals surface area contributed by atoms with Crippen LogP contribution in [0.3, 0.4) is 0 Å². The maximum atomic E-state index is 12.1. The van der Waals surface area contributed by atoms with Crippen molar-refractivity contribution in [1.82, 2.24) is 4.57 Å². The Bertz CT molecular complexity index is 1060. The maximum Gasteiger partial charge on any atom is 0.291 e. The van der Waals surface area contributed by atoms with E-state index in [0.717, 1.165) is 34.4 Å². The molecule has 0 aliphatic carbocycles. The Hall–Kier alpha value is -3.47. The number of hydrogen-bond acceptors (Lipinski definition) is 3. The lowest BCUT2D eigenvalue weighted by atomic mass is 10.1. The lowest BCUT2D eigenvalue weighted by molar-refractivity contribution is 0.0996. The fourth-order valence-electron chi connectivity index (χ4n) is 3.28. The van der Waals surface area contributed by atoms with Crippen LogP contribution in [0, 0.1) is 0 Å². The second-order valence-electron chi connectivity index (χ2n) is 6.03. The number of nitrogen functional groups attached to an aromatic ring is 1. The van der Waals surface area contributed by atoms with E-state index in [4.69, 9.17) is 10.2 Å². The molecule has 0 spiro atoms. The van der Waals surface area contributed by atoms with E-state index in [1.54, 1.807) is 12.1 Å². The number of amides is 1. The van der Waals surface area contributed by atoms with Crippen LogP contribution >= 0.6 is 0 Å². The zero-order valence-corrected chi connectivity index (χ0v) is 14.4. The number of nitrogens with zero attached hydrogens (tertiary/aromatic N) is 1. The molecule has 4 aromatic rings. The highest BCUT2D eigenvalue weighted by molar-refractivity contribution is 6.03. The summed E-state index contributed by atoms with van der Waals surface area (Å²) in [6, 6.07) is 19.1. The number of aromatic nitrogens is 1. The first kappa shape index (κ1) is 16.0. The zero-order chi connectivity index (χ0) is 18.1. The molecule has 26 heavy (non-hydrogen) atoms. The van der Waals surface area contributed by atoms with Gasteiger partial charge < -0.3 is 20.0 Å². The van der Waals surface area contributed by atoms with Crippen LogP contribution < -0.4 is 11.1 Å². The van der Waals surface area contributed by atoms with Crippen molar-refractivity contribution in [2.45, 2.75) is 13.5 Å². The Morgan fingerprint density at radius 1 is 1.08 bits per heavy atom. The molecule has 0 saturated carbocycles. The van der Waals surface area contributed by atoms with Gasteiger partial charge in [0, 0.05) is 23.2 Å². The quantitative estimate of drug-likeness (QED) is 0.560. The number of rotatable bonds is 4. The number of anilines is 2. The molecule has 5 nitrogen and oxygen atoms in total. The lowest BCUT2D eigenvalue weighted by Gasteiger charge is -2.10. The van der Waals surface area contributed by atoms with Gasteiger partial charge in [-0.15, -0.1) is 0 Å². The van der Waals surface area contributed by atoms with Crippen molar-refractivity contribution in [1.29, 1.82) is 0 Å². The summed E-state index contributed by atoms with van der Waals surface area (Å²) in [5, 5.41) is 3.88. The first-order valence-corrected chi connectivity index (χ1v) is 8.51. The fraction of sp³-hybridized carbons (Fsp3) is 0.0952. The zero-order valence-electron chi connectivity index (χ0n) is 14.4. The molecule has 0 bridgehead atoms. The van der Waals surface area contributed by atoms with Gasteiger partial charge in [0.05, 0.1) is 23.2 Å². The molecule has 3 N–H and O–H groups in total. The van der Waals surface area contributed by atoms with Gasteiger partial charge in [-0.3, -0.25) is 4.79 Å². The molecule has 4 rings (SSSR count). The van der Waals surface area contributed by atoms with E-state index in [9.17, 15) is 4.79 Å². The standard InChI is InChI=1S/C21H19N3O2/c1-2-24-17-7-4-3-6-16(17)19(22)20(24)14-9-11-15(12-10-14)23-21(25)18-8-5-13-26-18/h3-13H,2,22H2,1H3,(H,23,25). The van der Waals surface area contributed by atoms with E-state index in [0.29, 0.717) is 5.69 Å². The number of para-hydroxylation sites is 1. The highest BCUT2D eigenvalue weighted by atomic mass is 16.3. The predicted molar refractivity (Wildman–Crippen MR) is 104 cm³/mol. The van der Waals surface area contributed by atoms with Crippen molar-refractivity contribution in [3.05, 3.63) is 72.7 Å². The third-order valence-corrected chi connectivity index (χ3v) is 4.49. The van der Waals surface area contributed by atoms with Crippen molar-refractivity contribution in [3.63, 3.8) is 0 Å². The van der Waals surface area contributed by atoms with Crippen molar-refractivity contribution in [2.75, 3.05) is 11.1 Å². The van der Waals surface area contributed by atoms with Gasteiger partial charge in [0.2, 0.25) is 0 Å². The molecular formula is C21H19N3O2. The Labute approximate surface area is 151 Å². The van der Waals surface area contributed by atoms with Crippen LogP contribution in [0.25, 0.3) is 22.2 Å². The van der Waals surface area contributed by atoms with Gasteiger partial charge in [-0.05, 0) is 37.3 Å².